The molecule has 0 bridgehead atoms. The first kappa shape index (κ1) is 8.18. The van der Waals surface area contributed by atoms with Gasteiger partial charge in [-0.1, -0.05) is 5.16 Å². The highest BCUT2D eigenvalue weighted by Gasteiger charge is 2.01. The van der Waals surface area contributed by atoms with Crippen molar-refractivity contribution in [3.8, 4) is 0 Å². The fraction of sp³-hybridized carbons (Fsp3) is 0.286. The van der Waals surface area contributed by atoms with Gasteiger partial charge in [0.05, 0.1) is 6.54 Å². The fourth-order valence-electron chi connectivity index (χ4n) is 0.860. The van der Waals surface area contributed by atoms with Gasteiger partial charge in [0.2, 0.25) is 0 Å². The minimum atomic E-state index is 0.438. The minimum absolute atomic E-state index is 0.438. The smallest absolute Gasteiger partial charge is 0.321 e. The van der Waals surface area contributed by atoms with Crippen LogP contribution in [0.25, 0.3) is 0 Å². The van der Waals surface area contributed by atoms with E-state index in [4.69, 9.17) is 4.52 Å². The van der Waals surface area contributed by atoms with Crippen molar-refractivity contribution in [2.75, 3.05) is 5.32 Å². The quantitative estimate of drug-likeness (QED) is 0.804. The summed E-state index contributed by atoms with van der Waals surface area (Å²) in [5.74, 6) is 0.627. The van der Waals surface area contributed by atoms with Crippen LogP contribution in [0.3, 0.4) is 0 Å². The number of rotatable bonds is 3. The highest BCUT2D eigenvalue weighted by molar-refractivity contribution is 7.09. The van der Waals surface area contributed by atoms with Crippen molar-refractivity contribution in [3.05, 3.63) is 22.4 Å². The van der Waals surface area contributed by atoms with Crippen molar-refractivity contribution in [1.82, 2.24) is 15.1 Å². The van der Waals surface area contributed by atoms with Crippen LogP contribution in [0.4, 0.5) is 6.01 Å². The molecule has 0 saturated heterocycles. The molecule has 0 atom stereocenters. The zero-order valence-corrected chi connectivity index (χ0v) is 7.84. The van der Waals surface area contributed by atoms with Crippen molar-refractivity contribution in [3.63, 3.8) is 0 Å². The van der Waals surface area contributed by atoms with Crippen molar-refractivity contribution in [2.45, 2.75) is 13.5 Å². The van der Waals surface area contributed by atoms with E-state index in [0.717, 1.165) is 5.01 Å². The van der Waals surface area contributed by atoms with Crippen LogP contribution in [-0.4, -0.2) is 15.1 Å². The van der Waals surface area contributed by atoms with E-state index in [-0.39, 0.29) is 0 Å². The van der Waals surface area contributed by atoms with Crippen molar-refractivity contribution in [2.24, 2.45) is 0 Å². The van der Waals surface area contributed by atoms with Crippen LogP contribution in [0, 0.1) is 6.92 Å². The van der Waals surface area contributed by atoms with Crippen LogP contribution in [0.1, 0.15) is 10.8 Å². The summed E-state index contributed by atoms with van der Waals surface area (Å²) in [6.45, 7) is 2.40. The molecule has 0 spiro atoms. The molecule has 0 aliphatic rings. The second-order valence-corrected chi connectivity index (χ2v) is 3.41. The summed E-state index contributed by atoms with van der Waals surface area (Å²) in [4.78, 5) is 8.10. The van der Waals surface area contributed by atoms with Gasteiger partial charge in [0.25, 0.3) is 0 Å². The van der Waals surface area contributed by atoms with E-state index in [1.807, 2.05) is 5.38 Å². The molecule has 0 amide bonds. The maximum atomic E-state index is 4.87. The number of hydrogen-bond donors (Lipinski definition) is 1. The first-order valence-electron chi connectivity index (χ1n) is 3.77. The Morgan fingerprint density at radius 1 is 1.62 bits per heavy atom. The minimum Gasteiger partial charge on any atom is -0.331 e. The Morgan fingerprint density at radius 2 is 2.54 bits per heavy atom. The molecule has 0 aromatic carbocycles. The first-order valence-corrected chi connectivity index (χ1v) is 4.65. The predicted molar refractivity (Wildman–Crippen MR) is 48.5 cm³/mol. The van der Waals surface area contributed by atoms with Gasteiger partial charge in [0.15, 0.2) is 5.82 Å². The summed E-state index contributed by atoms with van der Waals surface area (Å²) in [5.41, 5.74) is 0. The van der Waals surface area contributed by atoms with E-state index >= 15 is 0 Å². The van der Waals surface area contributed by atoms with Crippen LogP contribution in [0.15, 0.2) is 16.1 Å². The molecule has 13 heavy (non-hydrogen) atoms. The Morgan fingerprint density at radius 3 is 3.15 bits per heavy atom. The molecule has 0 aliphatic heterocycles. The molecule has 2 heterocycles. The van der Waals surface area contributed by atoms with Crippen molar-refractivity contribution >= 4 is 17.4 Å². The molecule has 0 saturated carbocycles. The SMILES string of the molecule is Cc1noc(NCc2nccs2)n1. The summed E-state index contributed by atoms with van der Waals surface area (Å²) in [6.07, 6.45) is 1.76. The average molecular weight is 196 g/mol. The Kier molecular flexibility index (Phi) is 2.22. The molecule has 2 rings (SSSR count). The van der Waals surface area contributed by atoms with Gasteiger partial charge in [-0.05, 0) is 6.92 Å². The van der Waals surface area contributed by atoms with Crippen LogP contribution < -0.4 is 5.32 Å². The largest absolute Gasteiger partial charge is 0.331 e. The van der Waals surface area contributed by atoms with E-state index in [1.165, 1.54) is 0 Å². The van der Waals surface area contributed by atoms with E-state index in [0.29, 0.717) is 18.4 Å². The van der Waals surface area contributed by atoms with E-state index < -0.39 is 0 Å². The maximum Gasteiger partial charge on any atom is 0.321 e. The van der Waals surface area contributed by atoms with Gasteiger partial charge < -0.3 is 9.84 Å². The van der Waals surface area contributed by atoms with Gasteiger partial charge in [0.1, 0.15) is 5.01 Å². The Labute approximate surface area is 78.8 Å². The van der Waals surface area contributed by atoms with E-state index in [2.05, 4.69) is 20.4 Å². The van der Waals surface area contributed by atoms with Crippen LogP contribution in [0.5, 0.6) is 0 Å². The topological polar surface area (TPSA) is 63.8 Å². The fourth-order valence-corrected chi connectivity index (χ4v) is 1.42. The van der Waals surface area contributed by atoms with Gasteiger partial charge in [-0.25, -0.2) is 4.98 Å². The summed E-state index contributed by atoms with van der Waals surface area (Å²) >= 11 is 1.59. The molecule has 2 aromatic heterocycles. The number of aromatic nitrogens is 3. The second-order valence-electron chi connectivity index (χ2n) is 2.43. The Balaban J connectivity index is 1.93. The standard InChI is InChI=1S/C7H8N4OS/c1-5-10-7(12-11-5)9-4-6-8-2-3-13-6/h2-3H,4H2,1H3,(H,9,10,11). The lowest BCUT2D eigenvalue weighted by Crippen LogP contribution is -1.98. The highest BCUT2D eigenvalue weighted by Crippen LogP contribution is 2.08. The number of thiazole rings is 1. The summed E-state index contributed by atoms with van der Waals surface area (Å²) in [7, 11) is 0. The third-order valence-electron chi connectivity index (χ3n) is 1.40. The van der Waals surface area contributed by atoms with Gasteiger partial charge in [-0.3, -0.25) is 0 Å². The number of hydrogen-bond acceptors (Lipinski definition) is 6. The molecule has 68 valence electrons. The molecule has 1 N–H and O–H groups in total. The highest BCUT2D eigenvalue weighted by atomic mass is 32.1. The maximum absolute atomic E-state index is 4.87. The first-order chi connectivity index (χ1) is 6.34. The Hall–Kier alpha value is -1.43. The lowest BCUT2D eigenvalue weighted by Gasteiger charge is -1.94. The van der Waals surface area contributed by atoms with E-state index in [1.54, 1.807) is 24.5 Å². The molecule has 0 radical (unpaired) electrons. The molecule has 5 nitrogen and oxygen atoms in total. The average Bonchev–Trinajstić information content (AvgIpc) is 2.71. The van der Waals surface area contributed by atoms with Gasteiger partial charge >= 0.3 is 6.01 Å². The van der Waals surface area contributed by atoms with Gasteiger partial charge in [0, 0.05) is 11.6 Å². The lowest BCUT2D eigenvalue weighted by molar-refractivity contribution is 0.425. The molecule has 0 unspecified atom stereocenters. The molecule has 0 fully saturated rings. The molecule has 6 heteroatoms. The van der Waals surface area contributed by atoms with Crippen LogP contribution in [-0.2, 0) is 6.54 Å². The van der Waals surface area contributed by atoms with E-state index in [9.17, 15) is 0 Å². The predicted octanol–water partition coefficient (Wildman–Crippen LogP) is 1.45. The summed E-state index contributed by atoms with van der Waals surface area (Å²) in [6, 6.07) is 0.438. The number of nitrogens with zero attached hydrogens (tertiary/aromatic N) is 3. The number of nitrogens with one attached hydrogen (secondary N) is 1. The zero-order valence-electron chi connectivity index (χ0n) is 7.02. The normalized spacial score (nSPS) is 10.2. The van der Waals surface area contributed by atoms with Gasteiger partial charge in [-0.2, -0.15) is 4.98 Å². The Bertz CT molecular complexity index is 370. The third kappa shape index (κ3) is 2.03. The molecular formula is C7H8N4OS. The van der Waals surface area contributed by atoms with Crippen LogP contribution >= 0.6 is 11.3 Å². The van der Waals surface area contributed by atoms with Gasteiger partial charge in [-0.15, -0.1) is 11.3 Å². The second kappa shape index (κ2) is 3.53. The molecular weight excluding hydrogens is 188 g/mol. The molecule has 2 aromatic rings. The monoisotopic (exact) mass is 196 g/mol. The third-order valence-corrected chi connectivity index (χ3v) is 2.18. The summed E-state index contributed by atoms with van der Waals surface area (Å²) < 4.78 is 4.87. The molecule has 0 aliphatic carbocycles. The zero-order chi connectivity index (χ0) is 9.10. The summed E-state index contributed by atoms with van der Waals surface area (Å²) in [5, 5.41) is 9.55. The lowest BCUT2D eigenvalue weighted by atomic mass is 10.6. The van der Waals surface area contributed by atoms with Crippen molar-refractivity contribution in [1.29, 1.82) is 0 Å². The van der Waals surface area contributed by atoms with Crippen LogP contribution in [0.2, 0.25) is 0 Å². The number of aryl methyl sites for hydroxylation is 1. The number of anilines is 1. The van der Waals surface area contributed by atoms with Crippen molar-refractivity contribution < 1.29 is 4.52 Å².